The van der Waals surface area contributed by atoms with Gasteiger partial charge in [0.25, 0.3) is 11.6 Å². The maximum Gasteiger partial charge on any atom is 0.288 e. The molecule has 0 unspecified atom stereocenters. The molecule has 0 radical (unpaired) electrons. The average Bonchev–Trinajstić information content (AvgIpc) is 2.41. The highest BCUT2D eigenvalue weighted by atomic mass is 79.9. The molecule has 2 heterocycles. The van der Waals surface area contributed by atoms with E-state index in [1.165, 1.54) is 0 Å². The SMILES string of the molecule is O=C(Nc1cccnc1Br)c1cc([N+](=O)[O-])cnc1Cl. The Bertz CT molecular complexity index is 695. The molecule has 2 rings (SSSR count). The lowest BCUT2D eigenvalue weighted by molar-refractivity contribution is -0.385. The molecule has 2 aromatic heterocycles. The van der Waals surface area contributed by atoms with Crippen molar-refractivity contribution in [3.63, 3.8) is 0 Å². The molecule has 2 aromatic rings. The Hall–Kier alpha value is -2.06. The molecule has 0 aliphatic carbocycles. The van der Waals surface area contributed by atoms with Gasteiger partial charge in [-0.15, -0.1) is 0 Å². The fourth-order valence-electron chi connectivity index (χ4n) is 1.37. The largest absolute Gasteiger partial charge is 0.320 e. The van der Waals surface area contributed by atoms with Crippen LogP contribution in [0.3, 0.4) is 0 Å². The van der Waals surface area contributed by atoms with Gasteiger partial charge in [0.05, 0.1) is 16.2 Å². The highest BCUT2D eigenvalue weighted by molar-refractivity contribution is 9.10. The Kier molecular flexibility index (Phi) is 4.26. The number of halogens is 2. The second-order valence-electron chi connectivity index (χ2n) is 3.58. The van der Waals surface area contributed by atoms with Gasteiger partial charge in [-0.05, 0) is 28.1 Å². The number of anilines is 1. The van der Waals surface area contributed by atoms with Crippen molar-refractivity contribution in [1.29, 1.82) is 0 Å². The van der Waals surface area contributed by atoms with Crippen molar-refractivity contribution in [2.24, 2.45) is 0 Å². The number of nitrogens with one attached hydrogen (secondary N) is 1. The molecule has 102 valence electrons. The number of nitrogens with zero attached hydrogens (tertiary/aromatic N) is 3. The Morgan fingerprint density at radius 2 is 2.20 bits per heavy atom. The van der Waals surface area contributed by atoms with E-state index >= 15 is 0 Å². The number of carbonyl (C=O) groups is 1. The summed E-state index contributed by atoms with van der Waals surface area (Å²) in [6.45, 7) is 0. The minimum absolute atomic E-state index is 0.0865. The Balaban J connectivity index is 2.32. The van der Waals surface area contributed by atoms with Crippen LogP contribution >= 0.6 is 27.5 Å². The molecule has 1 amide bonds. The summed E-state index contributed by atoms with van der Waals surface area (Å²) >= 11 is 8.95. The summed E-state index contributed by atoms with van der Waals surface area (Å²) in [5.74, 6) is -0.611. The zero-order valence-electron chi connectivity index (χ0n) is 9.71. The quantitative estimate of drug-likeness (QED) is 0.517. The van der Waals surface area contributed by atoms with Crippen molar-refractivity contribution >= 4 is 44.8 Å². The summed E-state index contributed by atoms with van der Waals surface area (Å²) in [5, 5.41) is 13.1. The molecule has 0 atom stereocenters. The predicted octanol–water partition coefficient (Wildman–Crippen LogP) is 3.05. The number of aromatic nitrogens is 2. The van der Waals surface area contributed by atoms with Crippen LogP contribution in [0, 0.1) is 10.1 Å². The normalized spacial score (nSPS) is 10.1. The second kappa shape index (κ2) is 5.93. The van der Waals surface area contributed by atoms with Gasteiger partial charge in [-0.1, -0.05) is 11.6 Å². The Morgan fingerprint density at radius 1 is 1.45 bits per heavy atom. The third kappa shape index (κ3) is 3.09. The lowest BCUT2D eigenvalue weighted by Gasteiger charge is -2.07. The van der Waals surface area contributed by atoms with Crippen molar-refractivity contribution in [3.8, 4) is 0 Å². The fourth-order valence-corrected chi connectivity index (χ4v) is 1.90. The number of hydrogen-bond acceptors (Lipinski definition) is 5. The highest BCUT2D eigenvalue weighted by Gasteiger charge is 2.18. The van der Waals surface area contributed by atoms with Crippen LogP contribution in [0.2, 0.25) is 5.15 Å². The van der Waals surface area contributed by atoms with E-state index in [-0.39, 0.29) is 16.4 Å². The van der Waals surface area contributed by atoms with E-state index in [4.69, 9.17) is 11.6 Å². The van der Waals surface area contributed by atoms with Gasteiger partial charge in [-0.3, -0.25) is 14.9 Å². The third-order valence-electron chi connectivity index (χ3n) is 2.29. The molecule has 0 aliphatic rings. The molecule has 20 heavy (non-hydrogen) atoms. The lowest BCUT2D eigenvalue weighted by atomic mass is 10.2. The third-order valence-corrected chi connectivity index (χ3v) is 3.22. The predicted molar refractivity (Wildman–Crippen MR) is 75.8 cm³/mol. The van der Waals surface area contributed by atoms with Crippen LogP contribution in [-0.4, -0.2) is 20.8 Å². The first kappa shape index (κ1) is 14.4. The van der Waals surface area contributed by atoms with Gasteiger partial charge in [0.15, 0.2) is 0 Å². The van der Waals surface area contributed by atoms with E-state index in [2.05, 4.69) is 31.2 Å². The standard InChI is InChI=1S/C11H6BrClN4O3/c12-9-8(2-1-3-14-9)16-11(18)7-4-6(17(19)20)5-15-10(7)13/h1-5H,(H,16,18). The summed E-state index contributed by atoms with van der Waals surface area (Å²) in [5.41, 5.74) is 0.0153. The van der Waals surface area contributed by atoms with Gasteiger partial charge in [0.1, 0.15) is 16.0 Å². The summed E-state index contributed by atoms with van der Waals surface area (Å²) in [7, 11) is 0. The Morgan fingerprint density at radius 3 is 2.85 bits per heavy atom. The fraction of sp³-hybridized carbons (Fsp3) is 0. The minimum atomic E-state index is -0.653. The summed E-state index contributed by atoms with van der Waals surface area (Å²) in [4.78, 5) is 29.6. The van der Waals surface area contributed by atoms with Gasteiger partial charge in [0, 0.05) is 12.3 Å². The molecule has 0 aliphatic heterocycles. The summed E-state index contributed by atoms with van der Waals surface area (Å²) in [6, 6.07) is 4.32. The first-order valence-electron chi connectivity index (χ1n) is 5.21. The molecule has 1 N–H and O–H groups in total. The molecular formula is C11H6BrClN4O3. The van der Waals surface area contributed by atoms with Crippen molar-refractivity contribution in [1.82, 2.24) is 9.97 Å². The first-order valence-corrected chi connectivity index (χ1v) is 6.38. The maximum absolute atomic E-state index is 12.1. The van der Waals surface area contributed by atoms with Crippen LogP contribution in [0.15, 0.2) is 35.2 Å². The molecule has 7 nitrogen and oxygen atoms in total. The van der Waals surface area contributed by atoms with Crippen LogP contribution in [0.1, 0.15) is 10.4 Å². The van der Waals surface area contributed by atoms with Gasteiger partial charge in [0.2, 0.25) is 0 Å². The molecule has 0 bridgehead atoms. The van der Waals surface area contributed by atoms with Crippen molar-refractivity contribution in [2.45, 2.75) is 0 Å². The van der Waals surface area contributed by atoms with E-state index < -0.39 is 10.8 Å². The molecule has 0 fully saturated rings. The number of rotatable bonds is 3. The summed E-state index contributed by atoms with van der Waals surface area (Å²) < 4.78 is 0.433. The number of amides is 1. The van der Waals surface area contributed by atoms with Gasteiger partial charge in [-0.2, -0.15) is 0 Å². The van der Waals surface area contributed by atoms with E-state index in [1.54, 1.807) is 18.3 Å². The zero-order chi connectivity index (χ0) is 14.7. The van der Waals surface area contributed by atoms with Crippen LogP contribution < -0.4 is 5.32 Å². The second-order valence-corrected chi connectivity index (χ2v) is 4.69. The monoisotopic (exact) mass is 356 g/mol. The van der Waals surface area contributed by atoms with Gasteiger partial charge in [-0.25, -0.2) is 9.97 Å². The Labute approximate surface area is 126 Å². The number of pyridine rings is 2. The van der Waals surface area contributed by atoms with Crippen LogP contribution in [0.5, 0.6) is 0 Å². The molecular weight excluding hydrogens is 352 g/mol. The molecule has 0 saturated carbocycles. The van der Waals surface area contributed by atoms with E-state index in [9.17, 15) is 14.9 Å². The number of carbonyl (C=O) groups excluding carboxylic acids is 1. The summed E-state index contributed by atoms with van der Waals surface area (Å²) in [6.07, 6.45) is 2.53. The number of nitro groups is 1. The van der Waals surface area contributed by atoms with Crippen LogP contribution in [0.4, 0.5) is 11.4 Å². The number of hydrogen-bond donors (Lipinski definition) is 1. The van der Waals surface area contributed by atoms with Crippen molar-refractivity contribution in [3.05, 3.63) is 56.0 Å². The van der Waals surface area contributed by atoms with Crippen LogP contribution in [0.25, 0.3) is 0 Å². The van der Waals surface area contributed by atoms with Crippen LogP contribution in [-0.2, 0) is 0 Å². The lowest BCUT2D eigenvalue weighted by Crippen LogP contribution is -2.14. The van der Waals surface area contributed by atoms with Gasteiger partial charge >= 0.3 is 0 Å². The van der Waals surface area contributed by atoms with Crippen molar-refractivity contribution in [2.75, 3.05) is 5.32 Å². The average molecular weight is 358 g/mol. The van der Waals surface area contributed by atoms with E-state index in [0.717, 1.165) is 12.3 Å². The highest BCUT2D eigenvalue weighted by Crippen LogP contribution is 2.23. The van der Waals surface area contributed by atoms with E-state index in [0.29, 0.717) is 10.3 Å². The molecule has 0 saturated heterocycles. The zero-order valence-corrected chi connectivity index (χ0v) is 12.1. The van der Waals surface area contributed by atoms with Crippen molar-refractivity contribution < 1.29 is 9.72 Å². The minimum Gasteiger partial charge on any atom is -0.320 e. The van der Waals surface area contributed by atoms with E-state index in [1.807, 2.05) is 0 Å². The molecule has 9 heteroatoms. The molecule has 0 aromatic carbocycles. The smallest absolute Gasteiger partial charge is 0.288 e. The van der Waals surface area contributed by atoms with Gasteiger partial charge < -0.3 is 5.32 Å². The maximum atomic E-state index is 12.1. The molecule has 0 spiro atoms. The first-order chi connectivity index (χ1) is 9.49. The topological polar surface area (TPSA) is 98.0 Å².